The lowest BCUT2D eigenvalue weighted by molar-refractivity contribution is 0.238. The highest BCUT2D eigenvalue weighted by atomic mass is 16.3. The van der Waals surface area contributed by atoms with E-state index in [4.69, 9.17) is 6.42 Å². The molecule has 0 aromatic heterocycles. The summed E-state index contributed by atoms with van der Waals surface area (Å²) in [5, 5.41) is 9.46. The second kappa shape index (κ2) is 5.73. The van der Waals surface area contributed by atoms with Gasteiger partial charge in [-0.1, -0.05) is 48.1 Å². The van der Waals surface area contributed by atoms with Crippen LogP contribution in [0.2, 0.25) is 0 Å². The van der Waals surface area contributed by atoms with Crippen LogP contribution in [0.5, 0.6) is 0 Å². The average Bonchev–Trinajstić information content (AvgIpc) is 2.46. The van der Waals surface area contributed by atoms with E-state index in [9.17, 15) is 5.11 Å². The van der Waals surface area contributed by atoms with E-state index < -0.39 is 6.10 Å². The molecule has 2 aromatic carbocycles. The van der Waals surface area contributed by atoms with Crippen LogP contribution >= 0.6 is 0 Å². The summed E-state index contributed by atoms with van der Waals surface area (Å²) in [5.41, 5.74) is 2.58. The van der Waals surface area contributed by atoms with Gasteiger partial charge >= 0.3 is 0 Å². The highest BCUT2D eigenvalue weighted by molar-refractivity contribution is 5.43. The van der Waals surface area contributed by atoms with Gasteiger partial charge in [0.15, 0.2) is 0 Å². The Labute approximate surface area is 107 Å². The maximum absolute atomic E-state index is 9.46. The van der Waals surface area contributed by atoms with E-state index in [0.29, 0.717) is 5.56 Å². The van der Waals surface area contributed by atoms with Gasteiger partial charge in [0.2, 0.25) is 0 Å². The number of rotatable bonds is 1. The summed E-state index contributed by atoms with van der Waals surface area (Å²) in [6, 6.07) is 17.1. The standard InChI is InChI=1S/C17H12O/c1-2-17(18)16-12-10-15(11-13-16)9-8-14-6-4-3-5-7-14/h1,3-7,10-13,17-18H/t17-/m0/s1. The normalized spacial score (nSPS) is 10.9. The van der Waals surface area contributed by atoms with Crippen LogP contribution in [0.4, 0.5) is 0 Å². The lowest BCUT2D eigenvalue weighted by Crippen LogP contribution is -1.92. The van der Waals surface area contributed by atoms with Gasteiger partial charge in [0.25, 0.3) is 0 Å². The molecular formula is C17H12O. The van der Waals surface area contributed by atoms with Crippen molar-refractivity contribution in [2.45, 2.75) is 6.10 Å². The molecule has 2 rings (SSSR count). The fourth-order valence-corrected chi connectivity index (χ4v) is 1.51. The van der Waals surface area contributed by atoms with Crippen molar-refractivity contribution in [2.24, 2.45) is 0 Å². The highest BCUT2D eigenvalue weighted by Crippen LogP contribution is 2.12. The van der Waals surface area contributed by atoms with Gasteiger partial charge in [-0.25, -0.2) is 0 Å². The number of aliphatic hydroxyl groups is 1. The van der Waals surface area contributed by atoms with E-state index >= 15 is 0 Å². The molecule has 0 bridgehead atoms. The summed E-state index contributed by atoms with van der Waals surface area (Å²) in [7, 11) is 0. The molecule has 0 unspecified atom stereocenters. The molecular weight excluding hydrogens is 220 g/mol. The van der Waals surface area contributed by atoms with Crippen LogP contribution in [0, 0.1) is 24.2 Å². The van der Waals surface area contributed by atoms with Crippen molar-refractivity contribution in [2.75, 3.05) is 0 Å². The van der Waals surface area contributed by atoms with Gasteiger partial charge in [0, 0.05) is 11.1 Å². The molecule has 1 N–H and O–H groups in total. The van der Waals surface area contributed by atoms with Crippen molar-refractivity contribution < 1.29 is 5.11 Å². The Hall–Kier alpha value is -2.48. The van der Waals surface area contributed by atoms with Gasteiger partial charge in [-0.2, -0.15) is 0 Å². The second-order valence-corrected chi connectivity index (χ2v) is 3.81. The molecule has 86 valence electrons. The Morgan fingerprint density at radius 1 is 0.833 bits per heavy atom. The molecule has 0 saturated heterocycles. The first-order chi connectivity index (χ1) is 8.79. The molecule has 0 aliphatic heterocycles. The lowest BCUT2D eigenvalue weighted by atomic mass is 10.1. The predicted octanol–water partition coefficient (Wildman–Crippen LogP) is 2.75. The Balaban J connectivity index is 2.17. The van der Waals surface area contributed by atoms with Crippen LogP contribution in [-0.4, -0.2) is 5.11 Å². The maximum atomic E-state index is 9.46. The summed E-state index contributed by atoms with van der Waals surface area (Å²) in [6.07, 6.45) is 4.30. The zero-order valence-electron chi connectivity index (χ0n) is 9.80. The molecule has 0 aliphatic rings. The number of terminal acetylenes is 1. The molecule has 1 atom stereocenters. The Bertz CT molecular complexity index is 607. The molecule has 0 aliphatic carbocycles. The van der Waals surface area contributed by atoms with Gasteiger partial charge in [-0.3, -0.25) is 0 Å². The largest absolute Gasteiger partial charge is 0.376 e. The minimum Gasteiger partial charge on any atom is -0.376 e. The van der Waals surface area contributed by atoms with Crippen molar-refractivity contribution in [3.63, 3.8) is 0 Å². The number of benzene rings is 2. The zero-order valence-corrected chi connectivity index (χ0v) is 9.80. The summed E-state index contributed by atoms with van der Waals surface area (Å²) in [5.74, 6) is 8.41. The van der Waals surface area contributed by atoms with Crippen molar-refractivity contribution in [1.29, 1.82) is 0 Å². The van der Waals surface area contributed by atoms with Crippen molar-refractivity contribution in [3.8, 4) is 24.2 Å². The first kappa shape index (κ1) is 12.0. The molecule has 0 spiro atoms. The summed E-state index contributed by atoms with van der Waals surface area (Å²) in [6.45, 7) is 0. The minimum absolute atomic E-state index is 0.711. The molecule has 1 heteroatoms. The Kier molecular flexibility index (Phi) is 3.82. The van der Waals surface area contributed by atoms with Gasteiger partial charge < -0.3 is 5.11 Å². The predicted molar refractivity (Wildman–Crippen MR) is 72.7 cm³/mol. The average molecular weight is 232 g/mol. The van der Waals surface area contributed by atoms with Crippen LogP contribution in [0.25, 0.3) is 0 Å². The first-order valence-corrected chi connectivity index (χ1v) is 5.61. The number of aliphatic hydroxyl groups excluding tert-OH is 1. The van der Waals surface area contributed by atoms with E-state index in [2.05, 4.69) is 17.8 Å². The monoisotopic (exact) mass is 232 g/mol. The molecule has 1 nitrogen and oxygen atoms in total. The van der Waals surface area contributed by atoms with Crippen LogP contribution in [0.15, 0.2) is 54.6 Å². The van der Waals surface area contributed by atoms with Crippen LogP contribution in [0.3, 0.4) is 0 Å². The molecule has 0 radical (unpaired) electrons. The Morgan fingerprint density at radius 2 is 1.39 bits per heavy atom. The van der Waals surface area contributed by atoms with E-state index in [-0.39, 0.29) is 0 Å². The van der Waals surface area contributed by atoms with Crippen LogP contribution in [-0.2, 0) is 0 Å². The third-order valence-electron chi connectivity index (χ3n) is 2.51. The van der Waals surface area contributed by atoms with Crippen molar-refractivity contribution in [3.05, 3.63) is 71.3 Å². The fourth-order valence-electron chi connectivity index (χ4n) is 1.51. The third-order valence-corrected chi connectivity index (χ3v) is 2.51. The maximum Gasteiger partial charge on any atom is 0.139 e. The molecule has 0 heterocycles. The SMILES string of the molecule is C#C[C@H](O)c1ccc(C#Cc2ccccc2)cc1. The quantitative estimate of drug-likeness (QED) is 0.750. The zero-order chi connectivity index (χ0) is 12.8. The van der Waals surface area contributed by atoms with Crippen LogP contribution < -0.4 is 0 Å². The fraction of sp³-hybridized carbons (Fsp3) is 0.0588. The number of hydrogen-bond donors (Lipinski definition) is 1. The molecule has 0 saturated carbocycles. The van der Waals surface area contributed by atoms with Gasteiger partial charge in [0.1, 0.15) is 6.10 Å². The van der Waals surface area contributed by atoms with Gasteiger partial charge in [0.05, 0.1) is 0 Å². The van der Waals surface area contributed by atoms with Crippen molar-refractivity contribution in [1.82, 2.24) is 0 Å². The molecule has 18 heavy (non-hydrogen) atoms. The lowest BCUT2D eigenvalue weighted by Gasteiger charge is -2.02. The summed E-state index contributed by atoms with van der Waals surface area (Å²) in [4.78, 5) is 0. The van der Waals surface area contributed by atoms with E-state index in [1.165, 1.54) is 0 Å². The Morgan fingerprint density at radius 3 is 1.94 bits per heavy atom. The van der Waals surface area contributed by atoms with E-state index in [1.807, 2.05) is 42.5 Å². The van der Waals surface area contributed by atoms with Gasteiger partial charge in [-0.15, -0.1) is 6.42 Å². The summed E-state index contributed by atoms with van der Waals surface area (Å²) >= 11 is 0. The van der Waals surface area contributed by atoms with E-state index in [0.717, 1.165) is 11.1 Å². The second-order valence-electron chi connectivity index (χ2n) is 3.81. The minimum atomic E-state index is -0.846. The topological polar surface area (TPSA) is 20.2 Å². The highest BCUT2D eigenvalue weighted by Gasteiger charge is 2.01. The molecule has 0 amide bonds. The third kappa shape index (κ3) is 3.01. The van der Waals surface area contributed by atoms with E-state index in [1.54, 1.807) is 12.1 Å². The first-order valence-electron chi connectivity index (χ1n) is 5.61. The molecule has 2 aromatic rings. The van der Waals surface area contributed by atoms with Gasteiger partial charge in [-0.05, 0) is 29.8 Å². The smallest absolute Gasteiger partial charge is 0.139 e. The summed E-state index contributed by atoms with van der Waals surface area (Å²) < 4.78 is 0. The molecule has 0 fully saturated rings. The number of hydrogen-bond acceptors (Lipinski definition) is 1. The van der Waals surface area contributed by atoms with Crippen LogP contribution in [0.1, 0.15) is 22.8 Å². The van der Waals surface area contributed by atoms with Crippen molar-refractivity contribution >= 4 is 0 Å².